The molecule has 4 heteroatoms. The third-order valence-electron chi connectivity index (χ3n) is 2.65. The zero-order valence-electron chi connectivity index (χ0n) is 10.7. The van der Waals surface area contributed by atoms with Crippen LogP contribution in [0.5, 0.6) is 0 Å². The molecule has 0 bridgehead atoms. The smallest absolute Gasteiger partial charge is 0.407 e. The Labute approximate surface area is 97.7 Å². The minimum Gasteiger partial charge on any atom is -0.444 e. The van der Waals surface area contributed by atoms with Crippen LogP contribution < -0.4 is 5.32 Å². The molecular weight excluding hydrogens is 206 g/mol. The number of rotatable bonds is 2. The van der Waals surface area contributed by atoms with Crippen molar-refractivity contribution >= 4 is 6.09 Å². The van der Waals surface area contributed by atoms with Crippen LogP contribution in [0.2, 0.25) is 0 Å². The van der Waals surface area contributed by atoms with Gasteiger partial charge in [0, 0.05) is 18.6 Å². The Kier molecular flexibility index (Phi) is 4.59. The van der Waals surface area contributed by atoms with E-state index in [4.69, 9.17) is 9.47 Å². The summed E-state index contributed by atoms with van der Waals surface area (Å²) in [4.78, 5) is 11.5. The third kappa shape index (κ3) is 4.84. The molecule has 0 aromatic rings. The second-order valence-electron chi connectivity index (χ2n) is 5.41. The quantitative estimate of drug-likeness (QED) is 0.790. The van der Waals surface area contributed by atoms with Gasteiger partial charge in [-0.1, -0.05) is 0 Å². The van der Waals surface area contributed by atoms with Crippen LogP contribution in [0.15, 0.2) is 0 Å². The molecule has 0 radical (unpaired) electrons. The van der Waals surface area contributed by atoms with Gasteiger partial charge in [0.1, 0.15) is 5.60 Å². The minimum atomic E-state index is -0.438. The van der Waals surface area contributed by atoms with E-state index < -0.39 is 5.60 Å². The lowest BCUT2D eigenvalue weighted by Gasteiger charge is -2.29. The molecule has 1 heterocycles. The van der Waals surface area contributed by atoms with Crippen LogP contribution >= 0.6 is 0 Å². The molecule has 0 saturated carbocycles. The Morgan fingerprint density at radius 2 is 2.19 bits per heavy atom. The van der Waals surface area contributed by atoms with Gasteiger partial charge in [-0.2, -0.15) is 0 Å². The highest BCUT2D eigenvalue weighted by Gasteiger charge is 2.24. The maximum Gasteiger partial charge on any atom is 0.407 e. The standard InChI is InChI=1S/C12H23NO3/c1-9(10-6-5-7-15-8-10)13-11(14)16-12(2,3)4/h9-10H,5-8H2,1-4H3,(H,13,14). The van der Waals surface area contributed by atoms with Gasteiger partial charge in [0.2, 0.25) is 0 Å². The molecule has 0 spiro atoms. The van der Waals surface area contributed by atoms with E-state index in [1.54, 1.807) is 0 Å². The number of hydrogen-bond acceptors (Lipinski definition) is 3. The highest BCUT2D eigenvalue weighted by molar-refractivity contribution is 5.68. The molecule has 0 aromatic heterocycles. The van der Waals surface area contributed by atoms with Gasteiger partial charge < -0.3 is 14.8 Å². The summed E-state index contributed by atoms with van der Waals surface area (Å²) >= 11 is 0. The molecule has 1 fully saturated rings. The fourth-order valence-electron chi connectivity index (χ4n) is 1.77. The van der Waals surface area contributed by atoms with E-state index in [0.717, 1.165) is 26.1 Å². The first-order chi connectivity index (χ1) is 7.38. The summed E-state index contributed by atoms with van der Waals surface area (Å²) in [6.45, 7) is 9.17. The predicted molar refractivity (Wildman–Crippen MR) is 62.4 cm³/mol. The molecule has 16 heavy (non-hydrogen) atoms. The van der Waals surface area contributed by atoms with Gasteiger partial charge in [-0.05, 0) is 40.5 Å². The fraction of sp³-hybridized carbons (Fsp3) is 0.917. The van der Waals surface area contributed by atoms with Gasteiger partial charge in [-0.15, -0.1) is 0 Å². The van der Waals surface area contributed by atoms with Gasteiger partial charge in [-0.25, -0.2) is 4.79 Å². The summed E-state index contributed by atoms with van der Waals surface area (Å²) in [6, 6.07) is 0.107. The average Bonchev–Trinajstić information content (AvgIpc) is 2.16. The van der Waals surface area contributed by atoms with Crippen LogP contribution in [0, 0.1) is 5.92 Å². The van der Waals surface area contributed by atoms with E-state index in [1.807, 2.05) is 27.7 Å². The molecule has 1 rings (SSSR count). The summed E-state index contributed by atoms with van der Waals surface area (Å²) in [5.74, 6) is 0.404. The number of carbonyl (C=O) groups excluding carboxylic acids is 1. The number of alkyl carbamates (subject to hydrolysis) is 1. The van der Waals surface area contributed by atoms with Crippen molar-refractivity contribution in [3.63, 3.8) is 0 Å². The van der Waals surface area contributed by atoms with Crippen molar-refractivity contribution in [3.8, 4) is 0 Å². The zero-order valence-corrected chi connectivity index (χ0v) is 10.7. The van der Waals surface area contributed by atoms with Gasteiger partial charge in [-0.3, -0.25) is 0 Å². The van der Waals surface area contributed by atoms with E-state index in [9.17, 15) is 4.79 Å². The number of hydrogen-bond donors (Lipinski definition) is 1. The molecule has 2 atom stereocenters. The molecule has 0 aliphatic carbocycles. The zero-order chi connectivity index (χ0) is 12.2. The van der Waals surface area contributed by atoms with Crippen LogP contribution in [0.3, 0.4) is 0 Å². The molecule has 1 aliphatic heterocycles. The van der Waals surface area contributed by atoms with Crippen LogP contribution in [-0.2, 0) is 9.47 Å². The highest BCUT2D eigenvalue weighted by Crippen LogP contribution is 2.17. The molecule has 1 amide bonds. The molecule has 2 unspecified atom stereocenters. The largest absolute Gasteiger partial charge is 0.444 e. The Morgan fingerprint density at radius 1 is 1.50 bits per heavy atom. The molecule has 4 nitrogen and oxygen atoms in total. The van der Waals surface area contributed by atoms with Crippen molar-refractivity contribution in [3.05, 3.63) is 0 Å². The molecule has 0 aromatic carbocycles. The lowest BCUT2D eigenvalue weighted by Crippen LogP contribution is -2.43. The maximum absolute atomic E-state index is 11.5. The first-order valence-corrected chi connectivity index (χ1v) is 5.96. The van der Waals surface area contributed by atoms with Crippen LogP contribution in [0.1, 0.15) is 40.5 Å². The molecule has 1 saturated heterocycles. The fourth-order valence-corrected chi connectivity index (χ4v) is 1.77. The van der Waals surface area contributed by atoms with E-state index in [2.05, 4.69) is 5.32 Å². The Hall–Kier alpha value is -0.770. The van der Waals surface area contributed by atoms with E-state index in [1.165, 1.54) is 0 Å². The number of ether oxygens (including phenoxy) is 2. The van der Waals surface area contributed by atoms with Gasteiger partial charge in [0.25, 0.3) is 0 Å². The Bertz CT molecular complexity index is 229. The van der Waals surface area contributed by atoms with Crippen molar-refractivity contribution in [2.45, 2.75) is 52.2 Å². The summed E-state index contributed by atoms with van der Waals surface area (Å²) in [6.07, 6.45) is 1.84. The van der Waals surface area contributed by atoms with Crippen LogP contribution in [0.4, 0.5) is 4.79 Å². The Balaban J connectivity index is 2.32. The Morgan fingerprint density at radius 3 is 2.69 bits per heavy atom. The van der Waals surface area contributed by atoms with E-state index in [0.29, 0.717) is 5.92 Å². The maximum atomic E-state index is 11.5. The number of carbonyl (C=O) groups is 1. The normalized spacial score (nSPS) is 23.6. The summed E-state index contributed by atoms with van der Waals surface area (Å²) in [5, 5.41) is 2.86. The topological polar surface area (TPSA) is 47.6 Å². The van der Waals surface area contributed by atoms with Gasteiger partial charge in [0.05, 0.1) is 6.61 Å². The van der Waals surface area contributed by atoms with E-state index in [-0.39, 0.29) is 12.1 Å². The molecule has 1 aliphatic rings. The second-order valence-corrected chi connectivity index (χ2v) is 5.41. The number of amides is 1. The van der Waals surface area contributed by atoms with Crippen molar-refractivity contribution < 1.29 is 14.3 Å². The van der Waals surface area contributed by atoms with Crippen molar-refractivity contribution in [1.29, 1.82) is 0 Å². The average molecular weight is 229 g/mol. The second kappa shape index (κ2) is 5.53. The minimum absolute atomic E-state index is 0.107. The van der Waals surface area contributed by atoms with Crippen LogP contribution in [0.25, 0.3) is 0 Å². The van der Waals surface area contributed by atoms with Gasteiger partial charge in [0.15, 0.2) is 0 Å². The summed E-state index contributed by atoms with van der Waals surface area (Å²) in [5.41, 5.74) is -0.438. The van der Waals surface area contributed by atoms with E-state index >= 15 is 0 Å². The third-order valence-corrected chi connectivity index (χ3v) is 2.65. The summed E-state index contributed by atoms with van der Waals surface area (Å²) < 4.78 is 10.6. The summed E-state index contributed by atoms with van der Waals surface area (Å²) in [7, 11) is 0. The predicted octanol–water partition coefficient (Wildman–Crippen LogP) is 2.33. The molecule has 94 valence electrons. The molecular formula is C12H23NO3. The van der Waals surface area contributed by atoms with Crippen LogP contribution in [-0.4, -0.2) is 30.9 Å². The first kappa shape index (κ1) is 13.3. The highest BCUT2D eigenvalue weighted by atomic mass is 16.6. The van der Waals surface area contributed by atoms with Crippen molar-refractivity contribution in [1.82, 2.24) is 5.32 Å². The van der Waals surface area contributed by atoms with Crippen molar-refractivity contribution in [2.24, 2.45) is 5.92 Å². The monoisotopic (exact) mass is 229 g/mol. The SMILES string of the molecule is CC(NC(=O)OC(C)(C)C)C1CCCOC1. The molecule has 1 N–H and O–H groups in total. The first-order valence-electron chi connectivity index (χ1n) is 5.96. The lowest BCUT2D eigenvalue weighted by atomic mass is 9.95. The lowest BCUT2D eigenvalue weighted by molar-refractivity contribution is 0.0292. The number of nitrogens with one attached hydrogen (secondary N) is 1. The van der Waals surface area contributed by atoms with Crippen molar-refractivity contribution in [2.75, 3.05) is 13.2 Å². The van der Waals surface area contributed by atoms with Gasteiger partial charge >= 0.3 is 6.09 Å².